The van der Waals surface area contributed by atoms with Gasteiger partial charge in [0.1, 0.15) is 0 Å². The summed E-state index contributed by atoms with van der Waals surface area (Å²) >= 11 is 5.75. The predicted molar refractivity (Wildman–Crippen MR) is 96.8 cm³/mol. The van der Waals surface area contributed by atoms with Gasteiger partial charge in [-0.05, 0) is 42.8 Å². The van der Waals surface area contributed by atoms with E-state index in [2.05, 4.69) is 15.8 Å². The lowest BCUT2D eigenvalue weighted by atomic mass is 10.2. The molecule has 0 radical (unpaired) electrons. The van der Waals surface area contributed by atoms with Crippen molar-refractivity contribution in [2.24, 2.45) is 5.10 Å². The Kier molecular flexibility index (Phi) is 6.28. The van der Waals surface area contributed by atoms with Gasteiger partial charge in [-0.1, -0.05) is 48.0 Å². The summed E-state index contributed by atoms with van der Waals surface area (Å²) in [6, 6.07) is 16.1. The lowest BCUT2D eigenvalue weighted by Gasteiger charge is -2.04. The van der Waals surface area contributed by atoms with Crippen molar-refractivity contribution in [3.8, 4) is 0 Å². The largest absolute Gasteiger partial charge is 0.329 e. The Morgan fingerprint density at radius 1 is 1.00 bits per heavy atom. The number of nitrogens with zero attached hydrogens (tertiary/aromatic N) is 1. The Morgan fingerprint density at radius 2 is 1.67 bits per heavy atom. The Morgan fingerprint density at radius 3 is 2.33 bits per heavy atom. The van der Waals surface area contributed by atoms with Crippen LogP contribution in [0.4, 0.5) is 5.69 Å². The zero-order valence-corrected chi connectivity index (χ0v) is 13.7. The lowest BCUT2D eigenvalue weighted by Crippen LogP contribution is -2.32. The number of hydrogen-bond acceptors (Lipinski definition) is 3. The zero-order valence-electron chi connectivity index (χ0n) is 13.0. The molecule has 0 spiro atoms. The minimum absolute atomic E-state index is 0.476. The van der Waals surface area contributed by atoms with Crippen molar-refractivity contribution in [1.29, 1.82) is 0 Å². The maximum absolute atomic E-state index is 11.7. The number of nitrogens with one attached hydrogen (secondary N) is 2. The van der Waals surface area contributed by atoms with Crippen LogP contribution in [0, 0.1) is 0 Å². The Balaban J connectivity index is 1.87. The van der Waals surface area contributed by atoms with E-state index < -0.39 is 11.8 Å². The van der Waals surface area contributed by atoms with Gasteiger partial charge in [0.25, 0.3) is 0 Å². The third-order valence-electron chi connectivity index (χ3n) is 2.96. The molecule has 0 atom stereocenters. The molecule has 2 aromatic rings. The van der Waals surface area contributed by atoms with Crippen LogP contribution < -0.4 is 10.7 Å². The van der Waals surface area contributed by atoms with Crippen molar-refractivity contribution in [2.45, 2.75) is 6.92 Å². The number of carbonyl (C=O) groups excluding carboxylic acids is 2. The van der Waals surface area contributed by atoms with E-state index in [9.17, 15) is 9.59 Å². The fourth-order valence-corrected chi connectivity index (χ4v) is 1.86. The van der Waals surface area contributed by atoms with E-state index in [1.54, 1.807) is 37.3 Å². The van der Waals surface area contributed by atoms with E-state index in [0.717, 1.165) is 5.56 Å². The first-order valence-corrected chi connectivity index (χ1v) is 7.57. The summed E-state index contributed by atoms with van der Waals surface area (Å²) in [5, 5.41) is 6.86. The third-order valence-corrected chi connectivity index (χ3v) is 3.21. The molecule has 0 fully saturated rings. The Labute approximate surface area is 145 Å². The first kappa shape index (κ1) is 17.4. The molecule has 0 unspecified atom stereocenters. The van der Waals surface area contributed by atoms with Crippen molar-refractivity contribution < 1.29 is 9.59 Å². The van der Waals surface area contributed by atoms with Crippen LogP contribution in [-0.2, 0) is 9.59 Å². The van der Waals surface area contributed by atoms with Crippen molar-refractivity contribution >= 4 is 40.9 Å². The molecule has 2 amide bonds. The van der Waals surface area contributed by atoms with Gasteiger partial charge in [-0.3, -0.25) is 9.59 Å². The number of carbonyl (C=O) groups is 2. The van der Waals surface area contributed by atoms with Crippen LogP contribution in [0.2, 0.25) is 5.02 Å². The minimum atomic E-state index is -0.850. The first-order chi connectivity index (χ1) is 11.5. The van der Waals surface area contributed by atoms with E-state index in [0.29, 0.717) is 16.4 Å². The molecule has 0 saturated heterocycles. The number of hydrogen-bond donors (Lipinski definition) is 2. The van der Waals surface area contributed by atoms with Gasteiger partial charge < -0.3 is 5.32 Å². The molecule has 2 N–H and O–H groups in total. The van der Waals surface area contributed by atoms with Gasteiger partial charge in [-0.15, -0.1) is 0 Å². The molecule has 2 aromatic carbocycles. The number of anilines is 1. The Bertz CT molecular complexity index is 769. The summed E-state index contributed by atoms with van der Waals surface area (Å²) in [5.74, 6) is -1.65. The predicted octanol–water partition coefficient (Wildman–Crippen LogP) is 3.48. The highest BCUT2D eigenvalue weighted by Gasteiger charge is 2.12. The third kappa shape index (κ3) is 5.70. The fraction of sp³-hybridized carbons (Fsp3) is 0.0556. The van der Waals surface area contributed by atoms with E-state index in [-0.39, 0.29) is 0 Å². The van der Waals surface area contributed by atoms with Crippen molar-refractivity contribution in [3.05, 3.63) is 71.3 Å². The average molecular weight is 342 g/mol. The molecule has 0 aliphatic rings. The molecule has 122 valence electrons. The van der Waals surface area contributed by atoms with Crippen LogP contribution in [0.1, 0.15) is 12.5 Å². The molecule has 0 aliphatic carbocycles. The molecule has 0 bridgehead atoms. The molecular formula is C18H16ClN3O2. The second kappa shape index (κ2) is 8.64. The van der Waals surface area contributed by atoms with Crippen molar-refractivity contribution in [3.63, 3.8) is 0 Å². The highest BCUT2D eigenvalue weighted by atomic mass is 35.5. The van der Waals surface area contributed by atoms with Gasteiger partial charge in [0.2, 0.25) is 0 Å². The molecular weight excluding hydrogens is 326 g/mol. The monoisotopic (exact) mass is 341 g/mol. The van der Waals surface area contributed by atoms with Gasteiger partial charge in [-0.2, -0.15) is 5.10 Å². The molecule has 24 heavy (non-hydrogen) atoms. The van der Waals surface area contributed by atoms with Crippen LogP contribution in [0.15, 0.2) is 65.8 Å². The summed E-state index contributed by atoms with van der Waals surface area (Å²) in [4.78, 5) is 23.5. The molecule has 2 rings (SSSR count). The SMILES string of the molecule is CC(C=Cc1ccccc1)=NNC(=O)C(=O)Nc1ccc(Cl)cc1. The number of rotatable bonds is 4. The summed E-state index contributed by atoms with van der Waals surface area (Å²) in [6.07, 6.45) is 3.60. The normalized spacial score (nSPS) is 11.3. The van der Waals surface area contributed by atoms with Crippen LogP contribution >= 0.6 is 11.6 Å². The van der Waals surface area contributed by atoms with Gasteiger partial charge in [0, 0.05) is 10.7 Å². The van der Waals surface area contributed by atoms with Gasteiger partial charge in [-0.25, -0.2) is 5.43 Å². The highest BCUT2D eigenvalue weighted by Crippen LogP contribution is 2.13. The van der Waals surface area contributed by atoms with Gasteiger partial charge in [0.05, 0.1) is 5.71 Å². The second-order valence-corrected chi connectivity index (χ2v) is 5.34. The fourth-order valence-electron chi connectivity index (χ4n) is 1.73. The molecule has 0 saturated carbocycles. The molecule has 6 heteroatoms. The standard InChI is InChI=1S/C18H16ClN3O2/c1-13(7-8-14-5-3-2-4-6-14)21-22-18(24)17(23)20-16-11-9-15(19)10-12-16/h2-12H,1H3,(H,20,23)(H,22,24). The number of hydrazone groups is 1. The van der Waals surface area contributed by atoms with Crippen molar-refractivity contribution in [1.82, 2.24) is 5.43 Å². The molecule has 0 heterocycles. The topological polar surface area (TPSA) is 70.6 Å². The van der Waals surface area contributed by atoms with E-state index in [1.165, 1.54) is 0 Å². The lowest BCUT2D eigenvalue weighted by molar-refractivity contribution is -0.136. The molecule has 0 aromatic heterocycles. The highest BCUT2D eigenvalue weighted by molar-refractivity contribution is 6.39. The maximum atomic E-state index is 11.7. The van der Waals surface area contributed by atoms with E-state index >= 15 is 0 Å². The van der Waals surface area contributed by atoms with E-state index in [1.807, 2.05) is 36.4 Å². The van der Waals surface area contributed by atoms with Crippen LogP contribution in [0.5, 0.6) is 0 Å². The summed E-state index contributed by atoms with van der Waals surface area (Å²) in [5.41, 5.74) is 4.26. The summed E-state index contributed by atoms with van der Waals surface area (Å²) in [6.45, 7) is 1.72. The average Bonchev–Trinajstić information content (AvgIpc) is 2.60. The molecule has 5 nitrogen and oxygen atoms in total. The number of benzene rings is 2. The Hall–Kier alpha value is -2.92. The maximum Gasteiger partial charge on any atom is 0.329 e. The zero-order chi connectivity index (χ0) is 17.4. The molecule has 0 aliphatic heterocycles. The summed E-state index contributed by atoms with van der Waals surface area (Å²) in [7, 11) is 0. The number of halogens is 1. The number of amides is 2. The number of allylic oxidation sites excluding steroid dienone is 1. The van der Waals surface area contributed by atoms with Crippen LogP contribution in [0.25, 0.3) is 6.08 Å². The van der Waals surface area contributed by atoms with Crippen LogP contribution in [0.3, 0.4) is 0 Å². The van der Waals surface area contributed by atoms with Gasteiger partial charge >= 0.3 is 11.8 Å². The smallest absolute Gasteiger partial charge is 0.318 e. The van der Waals surface area contributed by atoms with Crippen LogP contribution in [-0.4, -0.2) is 17.5 Å². The van der Waals surface area contributed by atoms with Gasteiger partial charge in [0.15, 0.2) is 0 Å². The first-order valence-electron chi connectivity index (χ1n) is 7.19. The minimum Gasteiger partial charge on any atom is -0.318 e. The van der Waals surface area contributed by atoms with Crippen molar-refractivity contribution in [2.75, 3.05) is 5.32 Å². The van der Waals surface area contributed by atoms with E-state index in [4.69, 9.17) is 11.6 Å². The quantitative estimate of drug-likeness (QED) is 0.507. The summed E-state index contributed by atoms with van der Waals surface area (Å²) < 4.78 is 0. The second-order valence-electron chi connectivity index (χ2n) is 4.90.